The fourth-order valence-corrected chi connectivity index (χ4v) is 4.98. The smallest absolute Gasteiger partial charge is 0.133 e. The largest absolute Gasteiger partial charge is 0.694 e. The van der Waals surface area contributed by atoms with Crippen molar-refractivity contribution in [2.45, 2.75) is 102 Å². The highest BCUT2D eigenvalue weighted by atomic mass is 31.1. The van der Waals surface area contributed by atoms with E-state index < -0.39 is 8.25 Å². The molecule has 0 radical (unpaired) electrons. The molecule has 0 amide bonds. The maximum absolute atomic E-state index is 10.2. The van der Waals surface area contributed by atoms with Crippen LogP contribution in [-0.4, -0.2) is 11.0 Å². The van der Waals surface area contributed by atoms with Gasteiger partial charge in [-0.15, -0.1) is 9.42 Å². The Kier molecular flexibility index (Phi) is 8.96. The summed E-state index contributed by atoms with van der Waals surface area (Å²) in [5.74, 6) is 2.28. The maximum atomic E-state index is 10.2. The Morgan fingerprint density at radius 3 is 1.36 bits per heavy atom. The van der Waals surface area contributed by atoms with E-state index in [2.05, 4.69) is 0 Å². The molecular weight excluding hydrogens is 295 g/mol. The molecule has 0 aromatic rings. The maximum Gasteiger partial charge on any atom is 0.694 e. The van der Waals surface area contributed by atoms with Crippen LogP contribution in [0.4, 0.5) is 0 Å². The van der Waals surface area contributed by atoms with Crippen molar-refractivity contribution in [1.82, 2.24) is 0 Å². The SMILES string of the molecule is C1CCC(C2CCCCC2)CC1.O=[P+](O)OC1CCCCC1. The summed E-state index contributed by atoms with van der Waals surface area (Å²) in [6, 6.07) is 0. The summed E-state index contributed by atoms with van der Waals surface area (Å²) in [7, 11) is -2.37. The summed E-state index contributed by atoms with van der Waals surface area (Å²) in [6.07, 6.45) is 20.8. The minimum Gasteiger partial charge on any atom is -0.133 e. The summed E-state index contributed by atoms with van der Waals surface area (Å²) in [5.41, 5.74) is 0. The van der Waals surface area contributed by atoms with Gasteiger partial charge in [0.1, 0.15) is 6.10 Å². The molecule has 1 atom stereocenters. The zero-order chi connectivity index (χ0) is 15.6. The number of hydrogen-bond acceptors (Lipinski definition) is 2. The fourth-order valence-electron chi connectivity index (χ4n) is 4.51. The molecule has 0 aromatic carbocycles. The molecule has 3 rings (SSSR count). The Bertz CT molecular complexity index is 287. The fraction of sp³-hybridized carbons (Fsp3) is 1.00. The summed E-state index contributed by atoms with van der Waals surface area (Å²) >= 11 is 0. The van der Waals surface area contributed by atoms with E-state index in [1.54, 1.807) is 25.7 Å². The third-order valence-corrected chi connectivity index (χ3v) is 6.24. The van der Waals surface area contributed by atoms with E-state index in [9.17, 15) is 4.57 Å². The highest BCUT2D eigenvalue weighted by Gasteiger charge is 2.25. The van der Waals surface area contributed by atoms with Gasteiger partial charge in [-0.3, -0.25) is 0 Å². The van der Waals surface area contributed by atoms with E-state index in [-0.39, 0.29) is 6.10 Å². The molecule has 22 heavy (non-hydrogen) atoms. The summed E-state index contributed by atoms with van der Waals surface area (Å²) < 4.78 is 14.9. The predicted octanol–water partition coefficient (Wildman–Crippen LogP) is 6.13. The van der Waals surface area contributed by atoms with Gasteiger partial charge < -0.3 is 0 Å². The molecule has 128 valence electrons. The van der Waals surface area contributed by atoms with E-state index >= 15 is 0 Å². The molecule has 3 fully saturated rings. The van der Waals surface area contributed by atoms with Crippen molar-refractivity contribution >= 4 is 8.25 Å². The summed E-state index contributed by atoms with van der Waals surface area (Å²) in [5, 5.41) is 0. The minimum absolute atomic E-state index is 0.0439. The molecule has 1 N–H and O–H groups in total. The highest BCUT2D eigenvalue weighted by Crippen LogP contribution is 2.37. The van der Waals surface area contributed by atoms with Crippen LogP contribution in [0, 0.1) is 11.8 Å². The van der Waals surface area contributed by atoms with E-state index in [1.807, 2.05) is 0 Å². The first kappa shape index (κ1) is 18.4. The summed E-state index contributed by atoms with van der Waals surface area (Å²) in [4.78, 5) is 8.39. The Morgan fingerprint density at radius 1 is 0.636 bits per heavy atom. The van der Waals surface area contributed by atoms with Crippen LogP contribution < -0.4 is 0 Å². The first-order valence-corrected chi connectivity index (χ1v) is 10.7. The molecule has 0 aromatic heterocycles. The molecule has 1 unspecified atom stereocenters. The normalized spacial score (nSPS) is 26.1. The van der Waals surface area contributed by atoms with Crippen molar-refractivity contribution in [2.24, 2.45) is 11.8 Å². The quantitative estimate of drug-likeness (QED) is 0.633. The average Bonchev–Trinajstić information content (AvgIpc) is 2.57. The van der Waals surface area contributed by atoms with Crippen LogP contribution in [0.15, 0.2) is 0 Å². The molecule has 0 bridgehead atoms. The molecule has 3 saturated carbocycles. The van der Waals surface area contributed by atoms with Gasteiger partial charge in [0.2, 0.25) is 0 Å². The summed E-state index contributed by atoms with van der Waals surface area (Å²) in [6.45, 7) is 0. The van der Waals surface area contributed by atoms with E-state index in [0.717, 1.165) is 37.5 Å². The lowest BCUT2D eigenvalue weighted by Gasteiger charge is -2.32. The van der Waals surface area contributed by atoms with Gasteiger partial charge in [-0.25, -0.2) is 0 Å². The van der Waals surface area contributed by atoms with Gasteiger partial charge in [-0.05, 0) is 24.7 Å². The molecule has 4 heteroatoms. The van der Waals surface area contributed by atoms with Crippen LogP contribution >= 0.6 is 8.25 Å². The van der Waals surface area contributed by atoms with Crippen LogP contribution in [0.2, 0.25) is 0 Å². The Morgan fingerprint density at radius 2 is 1.00 bits per heavy atom. The topological polar surface area (TPSA) is 46.5 Å². The van der Waals surface area contributed by atoms with Gasteiger partial charge in [-0.2, -0.15) is 0 Å². The van der Waals surface area contributed by atoms with Gasteiger partial charge >= 0.3 is 8.25 Å². The minimum atomic E-state index is -2.37. The predicted molar refractivity (Wildman–Crippen MR) is 90.9 cm³/mol. The molecule has 0 aliphatic heterocycles. The van der Waals surface area contributed by atoms with Gasteiger partial charge in [0, 0.05) is 4.57 Å². The Balaban J connectivity index is 0.000000164. The van der Waals surface area contributed by atoms with Crippen molar-refractivity contribution in [1.29, 1.82) is 0 Å². The molecular formula is C18H34O3P+. The molecule has 0 heterocycles. The Hall–Kier alpha value is 0.0200. The van der Waals surface area contributed by atoms with Crippen molar-refractivity contribution in [2.75, 3.05) is 0 Å². The lowest BCUT2D eigenvalue weighted by atomic mass is 9.73. The van der Waals surface area contributed by atoms with E-state index in [0.29, 0.717) is 0 Å². The van der Waals surface area contributed by atoms with Crippen LogP contribution in [-0.2, 0) is 9.09 Å². The first-order chi connectivity index (χ1) is 10.8. The highest BCUT2D eigenvalue weighted by molar-refractivity contribution is 7.32. The van der Waals surface area contributed by atoms with Crippen molar-refractivity contribution in [3.8, 4) is 0 Å². The van der Waals surface area contributed by atoms with Gasteiger partial charge in [0.05, 0.1) is 0 Å². The van der Waals surface area contributed by atoms with Gasteiger partial charge in [-0.1, -0.05) is 83.5 Å². The zero-order valence-corrected chi connectivity index (χ0v) is 14.9. The molecule has 3 nitrogen and oxygen atoms in total. The molecule has 3 aliphatic rings. The zero-order valence-electron chi connectivity index (χ0n) is 14.0. The molecule has 3 aliphatic carbocycles. The standard InChI is InChI=1S/C12H22.C6H11O3P/c1-3-7-11(8-4-1)12-9-5-2-6-10-12;7-10(8)9-6-4-2-1-3-5-6/h11-12H,1-10H2;6H,1-5H2/p+1. The molecule has 0 spiro atoms. The van der Waals surface area contributed by atoms with Crippen LogP contribution in [0.3, 0.4) is 0 Å². The van der Waals surface area contributed by atoms with E-state index in [1.165, 1.54) is 44.9 Å². The van der Waals surface area contributed by atoms with E-state index in [4.69, 9.17) is 9.42 Å². The third kappa shape index (κ3) is 7.06. The van der Waals surface area contributed by atoms with Crippen LogP contribution in [0.25, 0.3) is 0 Å². The van der Waals surface area contributed by atoms with Crippen molar-refractivity contribution < 1.29 is 14.0 Å². The second-order valence-corrected chi connectivity index (χ2v) is 8.09. The average molecular weight is 329 g/mol. The lowest BCUT2D eigenvalue weighted by molar-refractivity contribution is 0.147. The second kappa shape index (κ2) is 10.7. The van der Waals surface area contributed by atoms with Crippen LogP contribution in [0.5, 0.6) is 0 Å². The lowest BCUT2D eigenvalue weighted by Crippen LogP contribution is -2.20. The Labute approximate surface area is 137 Å². The number of hydrogen-bond donors (Lipinski definition) is 1. The van der Waals surface area contributed by atoms with Crippen LogP contribution in [0.1, 0.15) is 96.3 Å². The first-order valence-electron chi connectivity index (χ1n) is 9.58. The van der Waals surface area contributed by atoms with Crippen molar-refractivity contribution in [3.05, 3.63) is 0 Å². The molecule has 0 saturated heterocycles. The number of rotatable bonds is 3. The van der Waals surface area contributed by atoms with Gasteiger partial charge in [0.25, 0.3) is 0 Å². The monoisotopic (exact) mass is 329 g/mol. The van der Waals surface area contributed by atoms with Gasteiger partial charge in [0.15, 0.2) is 0 Å². The van der Waals surface area contributed by atoms with Crippen molar-refractivity contribution in [3.63, 3.8) is 0 Å². The second-order valence-electron chi connectivity index (χ2n) is 7.40. The third-order valence-electron chi connectivity index (χ3n) is 5.76.